The van der Waals surface area contributed by atoms with Gasteiger partial charge in [0.1, 0.15) is 0 Å². The van der Waals surface area contributed by atoms with Gasteiger partial charge < -0.3 is 4.90 Å². The summed E-state index contributed by atoms with van der Waals surface area (Å²) < 4.78 is 0. The van der Waals surface area contributed by atoms with Gasteiger partial charge in [-0.25, -0.2) is 0 Å². The Morgan fingerprint density at radius 2 is 2.12 bits per heavy atom. The number of rotatable bonds is 1. The van der Waals surface area contributed by atoms with Gasteiger partial charge in [-0.1, -0.05) is 24.3 Å². The summed E-state index contributed by atoms with van der Waals surface area (Å²) in [6.07, 6.45) is 5.70. The van der Waals surface area contributed by atoms with Gasteiger partial charge in [0.05, 0.1) is 0 Å². The van der Waals surface area contributed by atoms with Crippen LogP contribution in [0.15, 0.2) is 24.3 Å². The molecule has 2 atom stereocenters. The summed E-state index contributed by atoms with van der Waals surface area (Å²) in [5.74, 6) is 0.587. The Morgan fingerprint density at radius 3 is 3.00 bits per heavy atom. The molecular weight excluding hydrogens is 198 g/mol. The lowest BCUT2D eigenvalue weighted by Crippen LogP contribution is -2.45. The van der Waals surface area contributed by atoms with E-state index in [1.165, 1.54) is 17.5 Å². The maximum atomic E-state index is 11.1. The Bertz CT molecular complexity index is 401. The summed E-state index contributed by atoms with van der Waals surface area (Å²) in [6.45, 7) is 0.951. The van der Waals surface area contributed by atoms with Gasteiger partial charge in [0, 0.05) is 18.5 Å². The van der Waals surface area contributed by atoms with Crippen molar-refractivity contribution in [3.05, 3.63) is 35.4 Å². The van der Waals surface area contributed by atoms with E-state index in [-0.39, 0.29) is 0 Å². The Balaban J connectivity index is 1.97. The van der Waals surface area contributed by atoms with Gasteiger partial charge in [0.25, 0.3) is 0 Å². The standard InChI is InChI=1S/C14H17NO/c16-10-15-9-3-6-13-12-5-2-1-4-11(12)7-8-14(13)15/h1-2,4-5,10,13-14H,3,6-9H2/t13-,14-/m0/s1. The smallest absolute Gasteiger partial charge is 0.209 e. The second-order valence-corrected chi connectivity index (χ2v) is 4.90. The van der Waals surface area contributed by atoms with Crippen molar-refractivity contribution >= 4 is 6.41 Å². The lowest BCUT2D eigenvalue weighted by Gasteiger charge is -2.43. The van der Waals surface area contributed by atoms with E-state index in [4.69, 9.17) is 0 Å². The number of benzene rings is 1. The van der Waals surface area contributed by atoms with Crippen LogP contribution in [0.3, 0.4) is 0 Å². The number of carbonyl (C=O) groups excluding carboxylic acids is 1. The van der Waals surface area contributed by atoms with E-state index in [2.05, 4.69) is 24.3 Å². The van der Waals surface area contributed by atoms with Crippen LogP contribution in [0.1, 0.15) is 36.3 Å². The number of amides is 1. The molecule has 0 aromatic heterocycles. The lowest BCUT2D eigenvalue weighted by atomic mass is 9.74. The van der Waals surface area contributed by atoms with Crippen LogP contribution in [0.25, 0.3) is 0 Å². The number of nitrogens with zero attached hydrogens (tertiary/aromatic N) is 1. The van der Waals surface area contributed by atoms with Gasteiger partial charge in [-0.2, -0.15) is 0 Å². The molecule has 0 saturated carbocycles. The zero-order valence-corrected chi connectivity index (χ0v) is 9.43. The molecule has 2 aliphatic rings. The fraction of sp³-hybridized carbons (Fsp3) is 0.500. The van der Waals surface area contributed by atoms with Crippen molar-refractivity contribution < 1.29 is 4.79 Å². The monoisotopic (exact) mass is 215 g/mol. The molecule has 0 unspecified atom stereocenters. The SMILES string of the molecule is O=CN1CCC[C@H]2c3ccccc3CC[C@@H]21. The van der Waals surface area contributed by atoms with E-state index in [9.17, 15) is 4.79 Å². The average Bonchev–Trinajstić information content (AvgIpc) is 2.37. The fourth-order valence-corrected chi connectivity index (χ4v) is 3.37. The highest BCUT2D eigenvalue weighted by atomic mass is 16.1. The Labute approximate surface area is 96.3 Å². The Hall–Kier alpha value is -1.31. The molecular formula is C14H17NO. The molecule has 1 saturated heterocycles. The lowest BCUT2D eigenvalue weighted by molar-refractivity contribution is -0.122. The minimum absolute atomic E-state index is 0.459. The third-order valence-corrected chi connectivity index (χ3v) is 4.12. The molecule has 0 N–H and O–H groups in total. The molecule has 0 radical (unpaired) electrons. The van der Waals surface area contributed by atoms with Crippen LogP contribution >= 0.6 is 0 Å². The van der Waals surface area contributed by atoms with Crippen LogP contribution in [-0.4, -0.2) is 23.9 Å². The number of hydrogen-bond donors (Lipinski definition) is 0. The van der Waals surface area contributed by atoms with Crippen molar-refractivity contribution in [1.29, 1.82) is 0 Å². The minimum Gasteiger partial charge on any atom is -0.342 e. The predicted molar refractivity (Wildman–Crippen MR) is 63.3 cm³/mol. The summed E-state index contributed by atoms with van der Waals surface area (Å²) in [7, 11) is 0. The Kier molecular flexibility index (Phi) is 2.43. The molecule has 84 valence electrons. The zero-order chi connectivity index (χ0) is 11.0. The maximum absolute atomic E-state index is 11.1. The molecule has 3 rings (SSSR count). The van der Waals surface area contributed by atoms with Gasteiger partial charge in [-0.05, 0) is 36.8 Å². The highest BCUT2D eigenvalue weighted by Crippen LogP contribution is 2.39. The van der Waals surface area contributed by atoms with Gasteiger partial charge in [-0.15, -0.1) is 0 Å². The molecule has 0 bridgehead atoms. The first kappa shape index (κ1) is 9.88. The predicted octanol–water partition coefficient (Wildman–Crippen LogP) is 2.34. The van der Waals surface area contributed by atoms with Gasteiger partial charge in [-0.3, -0.25) is 4.79 Å². The van der Waals surface area contributed by atoms with Crippen molar-refractivity contribution in [2.24, 2.45) is 0 Å². The van der Waals surface area contributed by atoms with Crippen LogP contribution in [0, 0.1) is 0 Å². The maximum Gasteiger partial charge on any atom is 0.209 e. The third-order valence-electron chi connectivity index (χ3n) is 4.12. The number of hydrogen-bond acceptors (Lipinski definition) is 1. The number of piperidine rings is 1. The van der Waals surface area contributed by atoms with E-state index in [0.29, 0.717) is 12.0 Å². The summed E-state index contributed by atoms with van der Waals surface area (Å²) in [5, 5.41) is 0. The summed E-state index contributed by atoms with van der Waals surface area (Å²) in [5.41, 5.74) is 2.99. The van der Waals surface area contributed by atoms with E-state index in [1.807, 2.05) is 4.90 Å². The average molecular weight is 215 g/mol. The van der Waals surface area contributed by atoms with Crippen molar-refractivity contribution in [3.8, 4) is 0 Å². The van der Waals surface area contributed by atoms with E-state index in [1.54, 1.807) is 0 Å². The first-order valence-corrected chi connectivity index (χ1v) is 6.19. The molecule has 1 aromatic carbocycles. The first-order valence-electron chi connectivity index (χ1n) is 6.19. The molecule has 1 heterocycles. The van der Waals surface area contributed by atoms with E-state index in [0.717, 1.165) is 32.2 Å². The second-order valence-electron chi connectivity index (χ2n) is 4.90. The number of likely N-dealkylation sites (tertiary alicyclic amines) is 1. The molecule has 1 aromatic rings. The van der Waals surface area contributed by atoms with Crippen LogP contribution < -0.4 is 0 Å². The van der Waals surface area contributed by atoms with E-state index >= 15 is 0 Å². The molecule has 1 aliphatic carbocycles. The first-order chi connectivity index (χ1) is 7.90. The highest BCUT2D eigenvalue weighted by molar-refractivity contribution is 5.49. The van der Waals surface area contributed by atoms with Crippen molar-refractivity contribution in [1.82, 2.24) is 4.90 Å². The second kappa shape index (κ2) is 3.93. The molecule has 1 aliphatic heterocycles. The largest absolute Gasteiger partial charge is 0.342 e. The quantitative estimate of drug-likeness (QED) is 0.658. The minimum atomic E-state index is 0.459. The van der Waals surface area contributed by atoms with Crippen molar-refractivity contribution in [3.63, 3.8) is 0 Å². The zero-order valence-electron chi connectivity index (χ0n) is 9.43. The Morgan fingerprint density at radius 1 is 1.25 bits per heavy atom. The highest BCUT2D eigenvalue weighted by Gasteiger charge is 2.35. The summed E-state index contributed by atoms with van der Waals surface area (Å²) in [6, 6.07) is 9.20. The number of carbonyl (C=O) groups is 1. The van der Waals surface area contributed by atoms with Crippen LogP contribution in [0.4, 0.5) is 0 Å². The summed E-state index contributed by atoms with van der Waals surface area (Å²) in [4.78, 5) is 13.1. The molecule has 16 heavy (non-hydrogen) atoms. The summed E-state index contributed by atoms with van der Waals surface area (Å²) >= 11 is 0. The van der Waals surface area contributed by atoms with Gasteiger partial charge in [0.15, 0.2) is 0 Å². The molecule has 1 amide bonds. The normalized spacial score (nSPS) is 28.1. The van der Waals surface area contributed by atoms with Crippen molar-refractivity contribution in [2.45, 2.75) is 37.6 Å². The molecule has 0 spiro atoms. The van der Waals surface area contributed by atoms with Crippen molar-refractivity contribution in [2.75, 3.05) is 6.54 Å². The van der Waals surface area contributed by atoms with Crippen LogP contribution in [-0.2, 0) is 11.2 Å². The van der Waals surface area contributed by atoms with Gasteiger partial charge in [0.2, 0.25) is 6.41 Å². The topological polar surface area (TPSA) is 20.3 Å². The van der Waals surface area contributed by atoms with Crippen LogP contribution in [0.5, 0.6) is 0 Å². The molecule has 2 heteroatoms. The molecule has 1 fully saturated rings. The molecule has 2 nitrogen and oxygen atoms in total. The van der Waals surface area contributed by atoms with Gasteiger partial charge >= 0.3 is 0 Å². The number of aryl methyl sites for hydroxylation is 1. The van der Waals surface area contributed by atoms with Crippen LogP contribution in [0.2, 0.25) is 0 Å². The van der Waals surface area contributed by atoms with E-state index < -0.39 is 0 Å². The number of fused-ring (bicyclic) bond motifs is 3. The third kappa shape index (κ3) is 1.44. The fourth-order valence-electron chi connectivity index (χ4n) is 3.37.